The highest BCUT2D eigenvalue weighted by Crippen LogP contribution is 2.05. The minimum Gasteiger partial charge on any atom is -0.305 e. The number of benzene rings is 1. The highest BCUT2D eigenvalue weighted by molar-refractivity contribution is 5.76. The topological polar surface area (TPSA) is 76.2 Å². The third-order valence-corrected chi connectivity index (χ3v) is 1.52. The maximum absolute atomic E-state index is 10.7. The third-order valence-electron chi connectivity index (χ3n) is 1.52. The summed E-state index contributed by atoms with van der Waals surface area (Å²) in [5.41, 5.74) is 0.524. The highest BCUT2D eigenvalue weighted by atomic mass is 16.1. The fraction of sp³-hybridized carbons (Fsp3) is 0. The van der Waals surface area contributed by atoms with Crippen LogP contribution in [0.25, 0.3) is 10.9 Å². The summed E-state index contributed by atoms with van der Waals surface area (Å²) in [6.45, 7) is 0. The van der Waals surface area contributed by atoms with Crippen LogP contribution in [0.3, 0.4) is 0 Å². The molecule has 0 fully saturated rings. The summed E-state index contributed by atoms with van der Waals surface area (Å²) in [5.74, 6) is 0. The van der Waals surface area contributed by atoms with Crippen molar-refractivity contribution in [1.29, 1.82) is 0 Å². The molecule has 1 aromatic heterocycles. The van der Waals surface area contributed by atoms with Crippen molar-refractivity contribution in [3.05, 3.63) is 40.9 Å². The largest absolute Gasteiger partial charge is 0.345 e. The predicted molar refractivity (Wildman–Crippen MR) is 44.5 cm³/mol. The summed E-state index contributed by atoms with van der Waals surface area (Å²) in [4.78, 5) is 16.9. The lowest BCUT2D eigenvalue weighted by Gasteiger charge is -1.92. The summed E-state index contributed by atoms with van der Waals surface area (Å²) in [7, 11) is 0. The smallest absolute Gasteiger partial charge is 0.305 e. The number of hydrogen-bond donors (Lipinski definition) is 1. The van der Waals surface area contributed by atoms with Crippen molar-refractivity contribution in [2.24, 2.45) is 0 Å². The van der Waals surface area contributed by atoms with Gasteiger partial charge in [-0.05, 0) is 6.07 Å². The van der Waals surface area contributed by atoms with Crippen LogP contribution in [0.1, 0.15) is 0 Å². The zero-order chi connectivity index (χ0) is 7.68. The predicted octanol–water partition coefficient (Wildman–Crippen LogP) is 0.442. The molecule has 0 bridgehead atoms. The van der Waals surface area contributed by atoms with Gasteiger partial charge >= 0.3 is 5.69 Å². The first-order valence-corrected chi connectivity index (χ1v) is 3.30. The van der Waals surface area contributed by atoms with Crippen LogP contribution < -0.4 is 11.8 Å². The standard InChI is InChI=1S/C8H6N2O.N/c11-8-9-5-6-3-1-2-4-7(6)10-8;/h1-5H,(H,9,10,11);. The zero-order valence-corrected chi connectivity index (χ0v) is 6.19. The van der Waals surface area contributed by atoms with Gasteiger partial charge in [0.25, 0.3) is 0 Å². The zero-order valence-electron chi connectivity index (χ0n) is 6.19. The molecule has 0 aliphatic heterocycles. The Balaban J connectivity index is 0.000000720. The Labute approximate surface area is 68.8 Å². The lowest BCUT2D eigenvalue weighted by molar-refractivity contribution is 1.12. The number of aromatic nitrogens is 2. The molecule has 3 radical (unpaired) electrons. The summed E-state index contributed by atoms with van der Waals surface area (Å²) < 4.78 is 0. The van der Waals surface area contributed by atoms with Gasteiger partial charge in [-0.25, -0.2) is 9.78 Å². The van der Waals surface area contributed by atoms with Crippen molar-refractivity contribution in [1.82, 2.24) is 16.1 Å². The first-order valence-electron chi connectivity index (χ1n) is 3.30. The summed E-state index contributed by atoms with van der Waals surface area (Å²) >= 11 is 0. The SMILES string of the molecule is O=c1ncc2ccccc2[nH]1.[N]. The number of nitrogens with zero attached hydrogens (tertiary/aromatic N) is 2. The van der Waals surface area contributed by atoms with E-state index in [-0.39, 0.29) is 11.8 Å². The van der Waals surface area contributed by atoms with Crippen LogP contribution in [0.5, 0.6) is 0 Å². The molecular weight excluding hydrogens is 154 g/mol. The van der Waals surface area contributed by atoms with Gasteiger partial charge in [-0.2, -0.15) is 0 Å². The fourth-order valence-electron chi connectivity index (χ4n) is 0.999. The summed E-state index contributed by atoms with van der Waals surface area (Å²) in [5, 5.41) is 0.951. The van der Waals surface area contributed by atoms with Crippen molar-refractivity contribution in [2.75, 3.05) is 0 Å². The average Bonchev–Trinajstić information content (AvgIpc) is 2.04. The van der Waals surface area contributed by atoms with E-state index in [0.29, 0.717) is 0 Å². The van der Waals surface area contributed by atoms with Gasteiger partial charge in [-0.1, -0.05) is 18.2 Å². The van der Waals surface area contributed by atoms with Crippen LogP contribution in [0.4, 0.5) is 0 Å². The molecule has 0 aliphatic rings. The van der Waals surface area contributed by atoms with Gasteiger partial charge in [0.15, 0.2) is 0 Å². The molecule has 4 heteroatoms. The quantitative estimate of drug-likeness (QED) is 0.607. The lowest BCUT2D eigenvalue weighted by Crippen LogP contribution is -2.07. The van der Waals surface area contributed by atoms with E-state index in [1.165, 1.54) is 0 Å². The molecule has 0 atom stereocenters. The number of H-pyrrole nitrogens is 1. The second-order valence-corrected chi connectivity index (χ2v) is 2.28. The molecule has 4 nitrogen and oxygen atoms in total. The number of para-hydroxylation sites is 1. The van der Waals surface area contributed by atoms with Gasteiger partial charge in [0.2, 0.25) is 0 Å². The van der Waals surface area contributed by atoms with E-state index in [1.807, 2.05) is 24.3 Å². The third kappa shape index (κ3) is 1.33. The van der Waals surface area contributed by atoms with Crippen LogP contribution >= 0.6 is 0 Å². The molecule has 2 rings (SSSR count). The number of rotatable bonds is 0. The van der Waals surface area contributed by atoms with E-state index in [0.717, 1.165) is 10.9 Å². The molecule has 0 saturated heterocycles. The molecule has 0 aliphatic carbocycles. The first kappa shape index (κ1) is 8.42. The van der Waals surface area contributed by atoms with Gasteiger partial charge in [-0.3, -0.25) is 0 Å². The number of nitrogens with one attached hydrogen (secondary N) is 1. The maximum atomic E-state index is 10.7. The van der Waals surface area contributed by atoms with Gasteiger partial charge in [0.1, 0.15) is 0 Å². The Morgan fingerprint density at radius 3 is 2.83 bits per heavy atom. The Kier molecular flexibility index (Phi) is 2.21. The van der Waals surface area contributed by atoms with Gasteiger partial charge in [0.05, 0.1) is 5.52 Å². The minimum atomic E-state index is -0.302. The second-order valence-electron chi connectivity index (χ2n) is 2.28. The molecule has 2 aromatic rings. The van der Waals surface area contributed by atoms with Crippen molar-refractivity contribution in [2.45, 2.75) is 0 Å². The molecular formula is C8H6N3O. The fourth-order valence-corrected chi connectivity index (χ4v) is 0.999. The average molecular weight is 160 g/mol. The number of hydrogen-bond acceptors (Lipinski definition) is 2. The molecule has 0 amide bonds. The van der Waals surface area contributed by atoms with Crippen molar-refractivity contribution < 1.29 is 0 Å². The van der Waals surface area contributed by atoms with Crippen molar-refractivity contribution >= 4 is 10.9 Å². The Hall–Kier alpha value is -1.68. The minimum absolute atomic E-state index is 0. The Morgan fingerprint density at radius 2 is 2.00 bits per heavy atom. The van der Waals surface area contributed by atoms with Crippen LogP contribution in [-0.4, -0.2) is 9.97 Å². The van der Waals surface area contributed by atoms with E-state index in [1.54, 1.807) is 6.20 Å². The Bertz CT molecular complexity index is 435. The Morgan fingerprint density at radius 1 is 1.25 bits per heavy atom. The molecule has 0 saturated carbocycles. The molecule has 1 aromatic carbocycles. The van der Waals surface area contributed by atoms with E-state index in [2.05, 4.69) is 9.97 Å². The maximum Gasteiger partial charge on any atom is 0.345 e. The van der Waals surface area contributed by atoms with Crippen LogP contribution in [0.15, 0.2) is 35.3 Å². The van der Waals surface area contributed by atoms with E-state index in [9.17, 15) is 4.79 Å². The molecule has 0 spiro atoms. The first-order chi connectivity index (χ1) is 5.36. The van der Waals surface area contributed by atoms with Gasteiger partial charge in [0, 0.05) is 17.7 Å². The van der Waals surface area contributed by atoms with Crippen LogP contribution in [-0.2, 0) is 0 Å². The van der Waals surface area contributed by atoms with E-state index in [4.69, 9.17) is 0 Å². The highest BCUT2D eigenvalue weighted by Gasteiger charge is 1.90. The summed E-state index contributed by atoms with van der Waals surface area (Å²) in [6.07, 6.45) is 1.56. The van der Waals surface area contributed by atoms with Crippen molar-refractivity contribution in [3.63, 3.8) is 0 Å². The molecule has 1 N–H and O–H groups in total. The van der Waals surface area contributed by atoms with Gasteiger partial charge < -0.3 is 4.98 Å². The number of aromatic amines is 1. The second kappa shape index (κ2) is 3.15. The van der Waals surface area contributed by atoms with E-state index < -0.39 is 0 Å². The van der Waals surface area contributed by atoms with Crippen molar-refractivity contribution in [3.8, 4) is 0 Å². The monoisotopic (exact) mass is 160 g/mol. The van der Waals surface area contributed by atoms with Crippen LogP contribution in [0, 0.1) is 0 Å². The summed E-state index contributed by atoms with van der Waals surface area (Å²) in [6, 6.07) is 7.53. The molecule has 0 unspecified atom stereocenters. The van der Waals surface area contributed by atoms with E-state index >= 15 is 0 Å². The van der Waals surface area contributed by atoms with Crippen LogP contribution in [0.2, 0.25) is 0 Å². The number of fused-ring (bicyclic) bond motifs is 1. The van der Waals surface area contributed by atoms with Gasteiger partial charge in [-0.15, -0.1) is 0 Å². The molecule has 12 heavy (non-hydrogen) atoms. The molecule has 1 heterocycles. The molecule has 59 valence electrons. The lowest BCUT2D eigenvalue weighted by atomic mass is 10.2. The normalized spacial score (nSPS) is 9.33.